The Hall–Kier alpha value is -1.42. The molecule has 18 heavy (non-hydrogen) atoms. The molecule has 0 atom stereocenters. The Morgan fingerprint density at radius 3 is 2.94 bits per heavy atom. The van der Waals surface area contributed by atoms with E-state index in [1.807, 2.05) is 6.21 Å². The molecule has 0 saturated heterocycles. The van der Waals surface area contributed by atoms with Crippen molar-refractivity contribution in [3.05, 3.63) is 34.6 Å². The molecule has 0 aromatic heterocycles. The first-order chi connectivity index (χ1) is 8.74. The molecule has 4 heteroatoms. The van der Waals surface area contributed by atoms with Gasteiger partial charge in [-0.15, -0.1) is 0 Å². The lowest BCUT2D eigenvalue weighted by Gasteiger charge is -2.20. The fourth-order valence-electron chi connectivity index (χ4n) is 1.71. The average molecular weight is 261 g/mol. The van der Waals surface area contributed by atoms with Crippen LogP contribution in [-0.2, 0) is 6.42 Å². The maximum absolute atomic E-state index is 6.00. The highest BCUT2D eigenvalue weighted by Crippen LogP contribution is 2.39. The summed E-state index contributed by atoms with van der Waals surface area (Å²) in [6.07, 6.45) is 5.05. The fraction of sp³-hybridized carbons (Fsp3) is 0.357. The Morgan fingerprint density at radius 2 is 2.22 bits per heavy atom. The number of aryl methyl sites for hydroxylation is 1. The summed E-state index contributed by atoms with van der Waals surface area (Å²) in [5.74, 6) is 0.646. The molecule has 1 aliphatic heterocycles. The van der Waals surface area contributed by atoms with E-state index < -0.39 is 0 Å². The molecule has 0 fully saturated rings. The monoisotopic (exact) mass is 261 g/mol. The van der Waals surface area contributed by atoms with E-state index in [-0.39, 0.29) is 0 Å². The van der Waals surface area contributed by atoms with Crippen molar-refractivity contribution in [1.29, 1.82) is 0 Å². The number of thioether (sulfide) groups is 1. The van der Waals surface area contributed by atoms with Crippen LogP contribution in [0.5, 0.6) is 0 Å². The molecule has 2 rings (SSSR count). The Morgan fingerprint density at radius 1 is 1.39 bits per heavy atom. The van der Waals surface area contributed by atoms with Gasteiger partial charge in [-0.3, -0.25) is 4.99 Å². The van der Waals surface area contributed by atoms with Crippen molar-refractivity contribution in [1.82, 2.24) is 0 Å². The number of aliphatic imine (C=N–C) groups is 1. The summed E-state index contributed by atoms with van der Waals surface area (Å²) in [5, 5.41) is 4.10. The quantitative estimate of drug-likeness (QED) is 0.812. The number of hydrogen-bond donors (Lipinski definition) is 2. The van der Waals surface area contributed by atoms with Gasteiger partial charge in [0.1, 0.15) is 10.9 Å². The normalized spacial score (nSPS) is 14.8. The number of anilines is 1. The molecule has 3 N–H and O–H groups in total. The molecule has 0 radical (unpaired) electrons. The second-order valence-electron chi connectivity index (χ2n) is 4.23. The van der Waals surface area contributed by atoms with Crippen molar-refractivity contribution in [3.63, 3.8) is 0 Å². The van der Waals surface area contributed by atoms with Crippen LogP contribution in [0.25, 0.3) is 0 Å². The number of nitrogens with one attached hydrogen (secondary N) is 1. The summed E-state index contributed by atoms with van der Waals surface area (Å²) < 4.78 is 0. The fourth-order valence-corrected chi connectivity index (χ4v) is 2.57. The third kappa shape index (κ3) is 2.88. The zero-order valence-corrected chi connectivity index (χ0v) is 11.7. The average Bonchev–Trinajstić information content (AvgIpc) is 2.39. The van der Waals surface area contributed by atoms with E-state index in [1.54, 1.807) is 11.8 Å². The van der Waals surface area contributed by atoms with Gasteiger partial charge in [0.25, 0.3) is 0 Å². The second-order valence-corrected chi connectivity index (χ2v) is 5.26. The van der Waals surface area contributed by atoms with Crippen LogP contribution in [0.1, 0.15) is 32.3 Å². The zero-order valence-electron chi connectivity index (χ0n) is 10.9. The number of fused-ring (bicyclic) bond motifs is 1. The van der Waals surface area contributed by atoms with Gasteiger partial charge in [0.05, 0.1) is 5.69 Å². The summed E-state index contributed by atoms with van der Waals surface area (Å²) in [6.45, 7) is 4.29. The van der Waals surface area contributed by atoms with E-state index in [9.17, 15) is 0 Å². The highest BCUT2D eigenvalue weighted by atomic mass is 32.2. The van der Waals surface area contributed by atoms with Crippen LogP contribution in [0.2, 0.25) is 0 Å². The van der Waals surface area contributed by atoms with Gasteiger partial charge in [-0.2, -0.15) is 0 Å². The first-order valence-electron chi connectivity index (χ1n) is 6.34. The number of hydrogen-bond acceptors (Lipinski definition) is 4. The Bertz CT molecular complexity index is 492. The molecule has 0 saturated carbocycles. The lowest BCUT2D eigenvalue weighted by atomic mass is 10.1. The Kier molecular flexibility index (Phi) is 4.31. The van der Waals surface area contributed by atoms with Crippen molar-refractivity contribution >= 4 is 23.7 Å². The van der Waals surface area contributed by atoms with Crippen LogP contribution in [0.15, 0.2) is 38.9 Å². The molecular weight excluding hydrogens is 242 g/mol. The summed E-state index contributed by atoms with van der Waals surface area (Å²) in [4.78, 5) is 5.61. The van der Waals surface area contributed by atoms with Gasteiger partial charge in [-0.1, -0.05) is 38.1 Å². The smallest absolute Gasteiger partial charge is 0.141 e. The molecule has 0 amide bonds. The van der Waals surface area contributed by atoms with Crippen molar-refractivity contribution < 1.29 is 0 Å². The third-order valence-corrected chi connectivity index (χ3v) is 3.88. The summed E-state index contributed by atoms with van der Waals surface area (Å²) >= 11 is 1.63. The molecule has 0 bridgehead atoms. The van der Waals surface area contributed by atoms with Crippen LogP contribution in [-0.4, -0.2) is 6.21 Å². The first kappa shape index (κ1) is 13.0. The van der Waals surface area contributed by atoms with Crippen molar-refractivity contribution in [2.24, 2.45) is 10.7 Å². The molecule has 0 unspecified atom stereocenters. The minimum atomic E-state index is 0.646. The highest BCUT2D eigenvalue weighted by molar-refractivity contribution is 8.03. The molecular formula is C14H19N3S. The number of benzene rings is 1. The van der Waals surface area contributed by atoms with Gasteiger partial charge in [-0.05, 0) is 30.5 Å². The maximum Gasteiger partial charge on any atom is 0.141 e. The number of nitrogens with two attached hydrogens (primary N) is 1. The molecule has 1 aromatic carbocycles. The van der Waals surface area contributed by atoms with Gasteiger partial charge < -0.3 is 11.1 Å². The zero-order chi connectivity index (χ0) is 13.0. The molecule has 3 nitrogen and oxygen atoms in total. The lowest BCUT2D eigenvalue weighted by molar-refractivity contribution is 1.01. The first-order valence-corrected chi connectivity index (χ1v) is 7.16. The van der Waals surface area contributed by atoms with Crippen LogP contribution in [0.3, 0.4) is 0 Å². The maximum atomic E-state index is 6.00. The van der Waals surface area contributed by atoms with Crippen LogP contribution >= 0.6 is 11.8 Å². The van der Waals surface area contributed by atoms with Gasteiger partial charge in [0.2, 0.25) is 0 Å². The van der Waals surface area contributed by atoms with Gasteiger partial charge in [0.15, 0.2) is 0 Å². The van der Waals surface area contributed by atoms with E-state index in [0.29, 0.717) is 5.82 Å². The van der Waals surface area contributed by atoms with E-state index >= 15 is 0 Å². The van der Waals surface area contributed by atoms with Gasteiger partial charge >= 0.3 is 0 Å². The SMILES string of the molecule is CCC/C=N\C1=C(N)Nc2cc(CC)ccc2S1. The standard InChI is InChI=1S/C14H19N3S/c1-3-5-8-16-14-13(15)17-11-9-10(4-2)6-7-12(11)18-14/h6-9,17H,3-5,15H2,1-2H3/b16-8-. The van der Waals surface area contributed by atoms with E-state index in [0.717, 1.165) is 30.0 Å². The van der Waals surface area contributed by atoms with Crippen molar-refractivity contribution in [3.8, 4) is 0 Å². The van der Waals surface area contributed by atoms with Gasteiger partial charge in [0, 0.05) is 11.1 Å². The Balaban J connectivity index is 2.19. The van der Waals surface area contributed by atoms with Crippen LogP contribution < -0.4 is 11.1 Å². The minimum absolute atomic E-state index is 0.646. The van der Waals surface area contributed by atoms with Crippen molar-refractivity contribution in [2.75, 3.05) is 5.32 Å². The third-order valence-electron chi connectivity index (χ3n) is 2.78. The topological polar surface area (TPSA) is 50.4 Å². The summed E-state index contributed by atoms with van der Waals surface area (Å²) in [6, 6.07) is 6.44. The number of unbranched alkanes of at least 4 members (excludes halogenated alkanes) is 1. The summed E-state index contributed by atoms with van der Waals surface area (Å²) in [7, 11) is 0. The molecule has 1 aliphatic rings. The number of rotatable bonds is 4. The van der Waals surface area contributed by atoms with Crippen LogP contribution in [0, 0.1) is 0 Å². The molecule has 0 spiro atoms. The Labute approximate surface area is 113 Å². The lowest BCUT2D eigenvalue weighted by Crippen LogP contribution is -2.15. The van der Waals surface area contributed by atoms with E-state index in [4.69, 9.17) is 5.73 Å². The van der Waals surface area contributed by atoms with Crippen LogP contribution in [0.4, 0.5) is 5.69 Å². The summed E-state index contributed by atoms with van der Waals surface area (Å²) in [5.41, 5.74) is 8.40. The second kappa shape index (κ2) is 5.96. The van der Waals surface area contributed by atoms with Crippen molar-refractivity contribution in [2.45, 2.75) is 38.0 Å². The predicted octanol–water partition coefficient (Wildman–Crippen LogP) is 3.72. The minimum Gasteiger partial charge on any atom is -0.383 e. The largest absolute Gasteiger partial charge is 0.383 e. The molecule has 1 aromatic rings. The molecule has 0 aliphatic carbocycles. The van der Waals surface area contributed by atoms with E-state index in [1.165, 1.54) is 10.5 Å². The number of nitrogens with zero attached hydrogens (tertiary/aromatic N) is 1. The predicted molar refractivity (Wildman–Crippen MR) is 79.9 cm³/mol. The molecule has 1 heterocycles. The highest BCUT2D eigenvalue weighted by Gasteiger charge is 2.16. The van der Waals surface area contributed by atoms with Gasteiger partial charge in [-0.25, -0.2) is 0 Å². The molecule has 96 valence electrons. The van der Waals surface area contributed by atoms with E-state index in [2.05, 4.69) is 42.4 Å².